The molecule has 1 heterocycles. The van der Waals surface area contributed by atoms with Crippen LogP contribution < -0.4 is 9.47 Å². The highest BCUT2D eigenvalue weighted by Gasteiger charge is 2.30. The van der Waals surface area contributed by atoms with E-state index in [1.165, 1.54) is 11.1 Å². The van der Waals surface area contributed by atoms with Crippen LogP contribution in [0.4, 0.5) is 0 Å². The number of aromatic nitrogens is 1. The lowest BCUT2D eigenvalue weighted by molar-refractivity contribution is -0.131. The largest absolute Gasteiger partial charge is 0.496 e. The molecule has 0 spiro atoms. The van der Waals surface area contributed by atoms with Gasteiger partial charge in [0.25, 0.3) is 0 Å². The van der Waals surface area contributed by atoms with Crippen LogP contribution in [0.2, 0.25) is 0 Å². The van der Waals surface area contributed by atoms with Crippen molar-refractivity contribution in [1.29, 1.82) is 0 Å². The van der Waals surface area contributed by atoms with Gasteiger partial charge in [-0.05, 0) is 78.6 Å². The molecule has 1 aromatic heterocycles. The first-order valence-electron chi connectivity index (χ1n) is 11.9. The summed E-state index contributed by atoms with van der Waals surface area (Å²) in [6.45, 7) is 2.54. The molecule has 6 heteroatoms. The molecule has 0 fully saturated rings. The zero-order valence-corrected chi connectivity index (χ0v) is 20.5. The van der Waals surface area contributed by atoms with Crippen LogP contribution in [-0.2, 0) is 24.2 Å². The van der Waals surface area contributed by atoms with Gasteiger partial charge in [-0.25, -0.2) is 4.79 Å². The third-order valence-corrected chi connectivity index (χ3v) is 6.97. The fourth-order valence-electron chi connectivity index (χ4n) is 5.21. The quantitative estimate of drug-likeness (QED) is 0.400. The second kappa shape index (κ2) is 10.8. The van der Waals surface area contributed by atoms with Crippen LogP contribution >= 0.6 is 0 Å². The van der Waals surface area contributed by atoms with Gasteiger partial charge in [0.1, 0.15) is 11.5 Å². The number of hydrogen-bond donors (Lipinski definition) is 2. The fraction of sp³-hybridized carbons (Fsp3) is 0.345. The van der Waals surface area contributed by atoms with E-state index < -0.39 is 12.1 Å². The summed E-state index contributed by atoms with van der Waals surface area (Å²) in [5.41, 5.74) is 5.27. The van der Waals surface area contributed by atoms with Gasteiger partial charge < -0.3 is 24.3 Å². The Morgan fingerprint density at radius 1 is 1.11 bits per heavy atom. The molecular weight excluding hydrogens is 442 g/mol. The number of carbonyl (C=O) groups is 1. The molecule has 35 heavy (non-hydrogen) atoms. The molecule has 184 valence electrons. The van der Waals surface area contributed by atoms with Gasteiger partial charge in [0, 0.05) is 36.5 Å². The maximum absolute atomic E-state index is 11.6. The monoisotopic (exact) mass is 475 g/mol. The van der Waals surface area contributed by atoms with Crippen LogP contribution in [0.25, 0.3) is 6.08 Å². The molecule has 0 amide bonds. The van der Waals surface area contributed by atoms with Crippen LogP contribution in [-0.4, -0.2) is 35.0 Å². The van der Waals surface area contributed by atoms with E-state index in [4.69, 9.17) is 14.6 Å². The van der Waals surface area contributed by atoms with Crippen molar-refractivity contribution in [3.05, 3.63) is 88.8 Å². The third kappa shape index (κ3) is 5.77. The first kappa shape index (κ1) is 24.6. The van der Waals surface area contributed by atoms with Crippen LogP contribution in [0.5, 0.6) is 11.5 Å². The van der Waals surface area contributed by atoms with Crippen molar-refractivity contribution in [2.24, 2.45) is 11.8 Å². The van der Waals surface area contributed by atoms with Gasteiger partial charge in [-0.3, -0.25) is 0 Å². The van der Waals surface area contributed by atoms with Crippen molar-refractivity contribution in [2.75, 3.05) is 14.2 Å². The van der Waals surface area contributed by atoms with Crippen molar-refractivity contribution in [3.8, 4) is 11.5 Å². The number of aliphatic carboxylic acids is 1. The second-order valence-electron chi connectivity index (χ2n) is 9.35. The van der Waals surface area contributed by atoms with E-state index in [0.29, 0.717) is 24.0 Å². The molecule has 2 N–H and O–H groups in total. The average molecular weight is 476 g/mol. The van der Waals surface area contributed by atoms with Crippen molar-refractivity contribution >= 4 is 12.0 Å². The summed E-state index contributed by atoms with van der Waals surface area (Å²) in [5, 5.41) is 20.5. The minimum absolute atomic E-state index is 0.0601. The lowest BCUT2D eigenvalue weighted by atomic mass is 9.85. The van der Waals surface area contributed by atoms with Crippen molar-refractivity contribution < 1.29 is 24.5 Å². The summed E-state index contributed by atoms with van der Waals surface area (Å²) in [7, 11) is 3.24. The predicted molar refractivity (Wildman–Crippen MR) is 136 cm³/mol. The van der Waals surface area contributed by atoms with Gasteiger partial charge in [-0.2, -0.15) is 0 Å². The number of nitrogens with zero attached hydrogens (tertiary/aromatic N) is 1. The Kier molecular flexibility index (Phi) is 7.61. The third-order valence-electron chi connectivity index (χ3n) is 6.97. The summed E-state index contributed by atoms with van der Waals surface area (Å²) in [4.78, 5) is 10.9. The summed E-state index contributed by atoms with van der Waals surface area (Å²) in [6, 6.07) is 14.2. The Morgan fingerprint density at radius 2 is 1.74 bits per heavy atom. The van der Waals surface area contributed by atoms with Crippen molar-refractivity contribution in [3.63, 3.8) is 0 Å². The minimum atomic E-state index is -0.978. The zero-order chi connectivity index (χ0) is 24.9. The van der Waals surface area contributed by atoms with E-state index in [-0.39, 0.29) is 5.92 Å². The van der Waals surface area contributed by atoms with E-state index in [1.807, 2.05) is 42.1 Å². The summed E-state index contributed by atoms with van der Waals surface area (Å²) in [6.07, 6.45) is 8.71. The van der Waals surface area contributed by atoms with Crippen LogP contribution in [0.1, 0.15) is 40.3 Å². The molecule has 0 saturated heterocycles. The van der Waals surface area contributed by atoms with Gasteiger partial charge in [0.2, 0.25) is 0 Å². The molecule has 0 saturated carbocycles. The number of aliphatic hydroxyl groups excluding tert-OH is 1. The summed E-state index contributed by atoms with van der Waals surface area (Å²) >= 11 is 0. The maximum atomic E-state index is 11.6. The lowest BCUT2D eigenvalue weighted by Gasteiger charge is -2.27. The standard InChI is InChI=1S/C29H33NO5/c1-19-26(34-2)15-24(16-27(19)35-3)29(33)25(14-21-12-22-6-4-5-7-23(22)13-21)18-30-11-10-20(17-30)8-9-28(31)32/h4-11,15-17,21,25,29,33H,12-14,18H2,1-3H3,(H,31,32)/t25-,29+/m0/s1. The van der Waals surface area contributed by atoms with E-state index in [0.717, 1.165) is 42.0 Å². The first-order valence-corrected chi connectivity index (χ1v) is 11.9. The fourth-order valence-corrected chi connectivity index (χ4v) is 5.21. The number of methoxy groups -OCH3 is 2. The topological polar surface area (TPSA) is 80.9 Å². The number of aliphatic hydroxyl groups is 1. The van der Waals surface area contributed by atoms with E-state index in [1.54, 1.807) is 20.3 Å². The highest BCUT2D eigenvalue weighted by Crippen LogP contribution is 2.39. The predicted octanol–water partition coefficient (Wildman–Crippen LogP) is 5.07. The second-order valence-corrected chi connectivity index (χ2v) is 9.35. The van der Waals surface area contributed by atoms with E-state index in [2.05, 4.69) is 24.3 Å². The number of carboxylic acids is 1. The molecule has 4 rings (SSSR count). The highest BCUT2D eigenvalue weighted by molar-refractivity contribution is 5.85. The maximum Gasteiger partial charge on any atom is 0.328 e. The zero-order valence-electron chi connectivity index (χ0n) is 20.5. The van der Waals surface area contributed by atoms with E-state index >= 15 is 0 Å². The average Bonchev–Trinajstić information content (AvgIpc) is 3.48. The smallest absolute Gasteiger partial charge is 0.328 e. The minimum Gasteiger partial charge on any atom is -0.496 e. The highest BCUT2D eigenvalue weighted by atomic mass is 16.5. The molecule has 2 atom stereocenters. The van der Waals surface area contributed by atoms with Crippen molar-refractivity contribution in [1.82, 2.24) is 4.57 Å². The number of fused-ring (bicyclic) bond motifs is 1. The number of benzene rings is 2. The van der Waals surface area contributed by atoms with Crippen LogP contribution in [0, 0.1) is 18.8 Å². The summed E-state index contributed by atoms with van der Waals surface area (Å²) in [5.74, 6) is 0.785. The molecule has 1 aliphatic rings. The Labute approximate surface area is 206 Å². The molecule has 0 aliphatic heterocycles. The molecule has 6 nitrogen and oxygen atoms in total. The number of hydrogen-bond acceptors (Lipinski definition) is 4. The van der Waals surface area contributed by atoms with Crippen LogP contribution in [0.15, 0.2) is 60.9 Å². The Bertz CT molecular complexity index is 1160. The van der Waals surface area contributed by atoms with Gasteiger partial charge in [0.15, 0.2) is 0 Å². The SMILES string of the molecule is COc1cc([C@@H](O)[C@@H](CC2Cc3ccccc3C2)Cn2ccc(C=CC(=O)O)c2)cc(OC)c1C. The van der Waals surface area contributed by atoms with Gasteiger partial charge >= 0.3 is 5.97 Å². The Morgan fingerprint density at radius 3 is 2.31 bits per heavy atom. The number of rotatable bonds is 10. The molecule has 0 unspecified atom stereocenters. The molecule has 3 aromatic rings. The first-order chi connectivity index (χ1) is 16.9. The lowest BCUT2D eigenvalue weighted by Crippen LogP contribution is -2.22. The van der Waals surface area contributed by atoms with E-state index in [9.17, 15) is 9.90 Å². The molecule has 0 radical (unpaired) electrons. The van der Waals surface area contributed by atoms with Crippen LogP contribution in [0.3, 0.4) is 0 Å². The van der Waals surface area contributed by atoms with Crippen molar-refractivity contribution in [2.45, 2.75) is 38.8 Å². The normalized spacial score (nSPS) is 15.2. The summed E-state index contributed by atoms with van der Waals surface area (Å²) < 4.78 is 13.1. The number of ether oxygens (including phenoxy) is 2. The van der Waals surface area contributed by atoms with Gasteiger partial charge in [-0.1, -0.05) is 24.3 Å². The molecule has 2 aromatic carbocycles. The molecular formula is C29H33NO5. The Balaban J connectivity index is 1.60. The molecule has 0 bridgehead atoms. The molecule has 1 aliphatic carbocycles. The number of carboxylic acid groups (broad SMARTS) is 1. The Hall–Kier alpha value is -3.51. The van der Waals surface area contributed by atoms with Gasteiger partial charge in [-0.15, -0.1) is 0 Å². The van der Waals surface area contributed by atoms with Gasteiger partial charge in [0.05, 0.1) is 20.3 Å².